The minimum Gasteiger partial charge on any atom is -0.491 e. The van der Waals surface area contributed by atoms with E-state index in [1.807, 2.05) is 13.8 Å². The van der Waals surface area contributed by atoms with Gasteiger partial charge in [-0.15, -0.1) is 0 Å². The van der Waals surface area contributed by atoms with Gasteiger partial charge in [0, 0.05) is 31.2 Å². The molecule has 0 radical (unpaired) electrons. The van der Waals surface area contributed by atoms with Crippen LogP contribution in [0.3, 0.4) is 0 Å². The van der Waals surface area contributed by atoms with Crippen molar-refractivity contribution in [3.63, 3.8) is 0 Å². The smallest absolute Gasteiger partial charge is 0.311 e. The van der Waals surface area contributed by atoms with Crippen LogP contribution < -0.4 is 4.74 Å². The van der Waals surface area contributed by atoms with Crippen LogP contribution in [-0.2, 0) is 9.53 Å². The van der Waals surface area contributed by atoms with Crippen molar-refractivity contribution in [1.82, 2.24) is 4.90 Å². The highest BCUT2D eigenvalue weighted by molar-refractivity contribution is 5.95. The van der Waals surface area contributed by atoms with Crippen LogP contribution in [-0.4, -0.2) is 54.3 Å². The molecule has 2 heterocycles. The van der Waals surface area contributed by atoms with Gasteiger partial charge >= 0.3 is 5.97 Å². The second-order valence-electron chi connectivity index (χ2n) is 6.86. The van der Waals surface area contributed by atoms with Crippen LogP contribution in [0.15, 0.2) is 24.3 Å². The van der Waals surface area contributed by atoms with Crippen molar-refractivity contribution >= 4 is 11.9 Å². The van der Waals surface area contributed by atoms with Crippen LogP contribution in [0.2, 0.25) is 0 Å². The van der Waals surface area contributed by atoms with Crippen LogP contribution in [0.25, 0.3) is 0 Å². The normalized spacial score (nSPS) is 26.3. The number of benzene rings is 1. The standard InChI is InChI=1S/C18H23NO5/c1-12(2)24-15-5-3-13(4-6-15)16(20)19-9-14-10-23-8-7-18(14,11-19)17(21)22/h3-6,12,14H,7-11H2,1-2H3,(H,21,22)/t14-,18+/m1/s1. The van der Waals surface area contributed by atoms with E-state index in [4.69, 9.17) is 9.47 Å². The molecule has 1 aromatic rings. The van der Waals surface area contributed by atoms with E-state index < -0.39 is 11.4 Å². The van der Waals surface area contributed by atoms with E-state index in [0.717, 1.165) is 0 Å². The molecule has 3 rings (SSSR count). The topological polar surface area (TPSA) is 76.1 Å². The lowest BCUT2D eigenvalue weighted by atomic mass is 9.74. The molecule has 6 heteroatoms. The Morgan fingerprint density at radius 1 is 1.33 bits per heavy atom. The quantitative estimate of drug-likeness (QED) is 0.912. The first-order valence-corrected chi connectivity index (χ1v) is 8.29. The monoisotopic (exact) mass is 333 g/mol. The molecule has 1 amide bonds. The largest absolute Gasteiger partial charge is 0.491 e. The molecular weight excluding hydrogens is 310 g/mol. The van der Waals surface area contributed by atoms with Crippen LogP contribution in [0.5, 0.6) is 5.75 Å². The number of hydrogen-bond acceptors (Lipinski definition) is 4. The van der Waals surface area contributed by atoms with E-state index >= 15 is 0 Å². The molecule has 0 unspecified atom stereocenters. The zero-order chi connectivity index (χ0) is 17.3. The fraction of sp³-hybridized carbons (Fsp3) is 0.556. The molecule has 0 saturated carbocycles. The molecular formula is C18H23NO5. The van der Waals surface area contributed by atoms with E-state index in [1.54, 1.807) is 29.2 Å². The summed E-state index contributed by atoms with van der Waals surface area (Å²) in [4.78, 5) is 26.2. The van der Waals surface area contributed by atoms with E-state index in [0.29, 0.717) is 37.5 Å². The maximum atomic E-state index is 12.7. The molecule has 2 aliphatic rings. The number of fused-ring (bicyclic) bond motifs is 1. The van der Waals surface area contributed by atoms with Crippen molar-refractivity contribution in [2.75, 3.05) is 26.3 Å². The third-order valence-electron chi connectivity index (χ3n) is 4.89. The molecule has 0 spiro atoms. The van der Waals surface area contributed by atoms with Gasteiger partial charge in [-0.2, -0.15) is 0 Å². The molecule has 0 aromatic heterocycles. The van der Waals surface area contributed by atoms with Gasteiger partial charge < -0.3 is 19.5 Å². The molecule has 24 heavy (non-hydrogen) atoms. The molecule has 2 atom stereocenters. The first-order chi connectivity index (χ1) is 11.4. The lowest BCUT2D eigenvalue weighted by Gasteiger charge is -2.33. The van der Waals surface area contributed by atoms with Gasteiger partial charge in [0.2, 0.25) is 0 Å². The first kappa shape index (κ1) is 16.8. The summed E-state index contributed by atoms with van der Waals surface area (Å²) in [5.74, 6) is -0.392. The lowest BCUT2D eigenvalue weighted by Crippen LogP contribution is -2.45. The summed E-state index contributed by atoms with van der Waals surface area (Å²) in [6.07, 6.45) is 0.529. The van der Waals surface area contributed by atoms with Gasteiger partial charge in [0.15, 0.2) is 0 Å². The Bertz CT molecular complexity index is 627. The predicted molar refractivity (Wildman–Crippen MR) is 87.1 cm³/mol. The molecule has 1 N–H and O–H groups in total. The minimum atomic E-state index is -0.866. The van der Waals surface area contributed by atoms with Crippen molar-refractivity contribution in [3.05, 3.63) is 29.8 Å². The predicted octanol–water partition coefficient (Wildman–Crippen LogP) is 2.04. The Hall–Kier alpha value is -2.08. The van der Waals surface area contributed by atoms with E-state index in [1.165, 1.54) is 0 Å². The van der Waals surface area contributed by atoms with Gasteiger partial charge in [0.25, 0.3) is 5.91 Å². The highest BCUT2D eigenvalue weighted by Crippen LogP contribution is 2.42. The van der Waals surface area contributed by atoms with Crippen molar-refractivity contribution in [2.24, 2.45) is 11.3 Å². The molecule has 2 aliphatic heterocycles. The third-order valence-corrected chi connectivity index (χ3v) is 4.89. The number of nitrogens with zero attached hydrogens (tertiary/aromatic N) is 1. The number of carbonyl (C=O) groups excluding carboxylic acids is 1. The maximum absolute atomic E-state index is 12.7. The molecule has 0 aliphatic carbocycles. The third kappa shape index (κ3) is 2.98. The number of aliphatic carboxylic acids is 1. The van der Waals surface area contributed by atoms with E-state index in [9.17, 15) is 14.7 Å². The Kier molecular flexibility index (Phi) is 4.49. The number of amides is 1. The van der Waals surface area contributed by atoms with Gasteiger partial charge in [-0.3, -0.25) is 9.59 Å². The lowest BCUT2D eigenvalue weighted by molar-refractivity contribution is -0.157. The number of carboxylic acid groups (broad SMARTS) is 1. The fourth-order valence-electron chi connectivity index (χ4n) is 3.59. The summed E-state index contributed by atoms with van der Waals surface area (Å²) in [7, 11) is 0. The number of likely N-dealkylation sites (tertiary alicyclic amines) is 1. The Balaban J connectivity index is 1.75. The first-order valence-electron chi connectivity index (χ1n) is 8.29. The summed E-state index contributed by atoms with van der Waals surface area (Å²) in [6.45, 7) is 5.40. The van der Waals surface area contributed by atoms with Crippen LogP contribution in [0, 0.1) is 11.3 Å². The van der Waals surface area contributed by atoms with E-state index in [-0.39, 0.29) is 24.5 Å². The molecule has 130 valence electrons. The summed E-state index contributed by atoms with van der Waals surface area (Å²) in [5.41, 5.74) is -0.319. The molecule has 2 fully saturated rings. The summed E-state index contributed by atoms with van der Waals surface area (Å²) in [5, 5.41) is 9.68. The second kappa shape index (κ2) is 6.43. The summed E-state index contributed by atoms with van der Waals surface area (Å²) < 4.78 is 11.0. The Labute approximate surface area is 141 Å². The molecule has 0 bridgehead atoms. The van der Waals surface area contributed by atoms with Crippen LogP contribution in [0.1, 0.15) is 30.6 Å². The number of ether oxygens (including phenoxy) is 2. The SMILES string of the molecule is CC(C)Oc1ccc(C(=O)N2C[C@@H]3COCC[C@]3(C(=O)O)C2)cc1. The number of carbonyl (C=O) groups is 2. The van der Waals surface area contributed by atoms with Gasteiger partial charge in [-0.25, -0.2) is 0 Å². The summed E-state index contributed by atoms with van der Waals surface area (Å²) in [6, 6.07) is 7.00. The van der Waals surface area contributed by atoms with Crippen molar-refractivity contribution in [1.29, 1.82) is 0 Å². The van der Waals surface area contributed by atoms with Crippen molar-refractivity contribution in [2.45, 2.75) is 26.4 Å². The Morgan fingerprint density at radius 2 is 2.04 bits per heavy atom. The highest BCUT2D eigenvalue weighted by Gasteiger charge is 2.54. The molecule has 6 nitrogen and oxygen atoms in total. The van der Waals surface area contributed by atoms with Crippen LogP contribution >= 0.6 is 0 Å². The molecule has 2 saturated heterocycles. The van der Waals surface area contributed by atoms with Gasteiger partial charge in [0.05, 0.1) is 18.1 Å². The van der Waals surface area contributed by atoms with E-state index in [2.05, 4.69) is 0 Å². The second-order valence-corrected chi connectivity index (χ2v) is 6.86. The average Bonchev–Trinajstić information content (AvgIpc) is 2.95. The maximum Gasteiger partial charge on any atom is 0.311 e. The number of carboxylic acids is 1. The van der Waals surface area contributed by atoms with Gasteiger partial charge in [-0.05, 0) is 44.5 Å². The zero-order valence-corrected chi connectivity index (χ0v) is 14.0. The van der Waals surface area contributed by atoms with Gasteiger partial charge in [-0.1, -0.05) is 0 Å². The number of hydrogen-bond donors (Lipinski definition) is 1. The fourth-order valence-corrected chi connectivity index (χ4v) is 3.59. The van der Waals surface area contributed by atoms with Gasteiger partial charge in [0.1, 0.15) is 5.75 Å². The average molecular weight is 333 g/mol. The summed E-state index contributed by atoms with van der Waals surface area (Å²) >= 11 is 0. The number of rotatable bonds is 4. The van der Waals surface area contributed by atoms with Crippen LogP contribution in [0.4, 0.5) is 0 Å². The highest BCUT2D eigenvalue weighted by atomic mass is 16.5. The minimum absolute atomic E-state index is 0.0729. The van der Waals surface area contributed by atoms with Crippen molar-refractivity contribution in [3.8, 4) is 5.75 Å². The zero-order valence-electron chi connectivity index (χ0n) is 14.0. The van der Waals surface area contributed by atoms with Crippen molar-refractivity contribution < 1.29 is 24.2 Å². The Morgan fingerprint density at radius 3 is 2.62 bits per heavy atom. The molecule has 1 aromatic carbocycles.